The molecule has 1 aromatic carbocycles. The second-order valence-electron chi connectivity index (χ2n) is 4.21. The summed E-state index contributed by atoms with van der Waals surface area (Å²) < 4.78 is 4.95. The van der Waals surface area contributed by atoms with Gasteiger partial charge in [-0.05, 0) is 17.5 Å². The first-order valence-electron chi connectivity index (χ1n) is 6.23. The highest BCUT2D eigenvalue weighted by Gasteiger charge is 2.19. The number of nitro benzene ring substituents is 1. The van der Waals surface area contributed by atoms with Gasteiger partial charge < -0.3 is 10.1 Å². The average molecular weight is 320 g/mol. The van der Waals surface area contributed by atoms with Crippen molar-refractivity contribution in [1.29, 1.82) is 0 Å². The number of nitro groups is 1. The molecule has 0 atom stereocenters. The number of hydrogen-bond acceptors (Lipinski definition) is 7. The molecule has 1 aromatic heterocycles. The molecule has 0 fully saturated rings. The van der Waals surface area contributed by atoms with E-state index in [0.717, 1.165) is 6.07 Å². The number of thiophene rings is 1. The Labute approximate surface area is 129 Å². The lowest BCUT2D eigenvalue weighted by molar-refractivity contribution is -0.384. The number of Topliss-reactive ketones (excluding diaryl/α,β-unsaturated/α-hetero) is 1. The van der Waals surface area contributed by atoms with Gasteiger partial charge in [0, 0.05) is 24.9 Å². The van der Waals surface area contributed by atoms with Crippen LogP contribution in [0.3, 0.4) is 0 Å². The molecule has 0 saturated carbocycles. The van der Waals surface area contributed by atoms with Crippen molar-refractivity contribution < 1.29 is 19.2 Å². The number of benzene rings is 1. The highest BCUT2D eigenvalue weighted by atomic mass is 32.1. The molecule has 0 aliphatic heterocycles. The molecule has 2 rings (SSSR count). The molecule has 0 unspecified atom stereocenters. The molecule has 1 N–H and O–H groups in total. The van der Waals surface area contributed by atoms with Crippen LogP contribution in [-0.2, 0) is 4.74 Å². The van der Waals surface area contributed by atoms with Crippen LogP contribution in [0.2, 0.25) is 0 Å². The quantitative estimate of drug-likeness (QED) is 0.380. The van der Waals surface area contributed by atoms with Gasteiger partial charge in [0.05, 0.1) is 15.4 Å². The van der Waals surface area contributed by atoms with Crippen molar-refractivity contribution in [3.05, 3.63) is 56.3 Å². The molecule has 1 heterocycles. The second kappa shape index (κ2) is 6.81. The van der Waals surface area contributed by atoms with Gasteiger partial charge in [0.1, 0.15) is 0 Å². The molecule has 8 heteroatoms. The number of ketones is 1. The summed E-state index contributed by atoms with van der Waals surface area (Å²) in [5.41, 5.74) is 0.172. The van der Waals surface area contributed by atoms with Gasteiger partial charge in [-0.3, -0.25) is 14.9 Å². The molecule has 0 amide bonds. The van der Waals surface area contributed by atoms with Crippen LogP contribution in [0.1, 0.15) is 20.0 Å². The minimum Gasteiger partial charge on any atom is -0.454 e. The summed E-state index contributed by atoms with van der Waals surface area (Å²) in [6.07, 6.45) is 0. The van der Waals surface area contributed by atoms with Gasteiger partial charge in [-0.15, -0.1) is 11.3 Å². The zero-order valence-corrected chi connectivity index (χ0v) is 12.4. The van der Waals surface area contributed by atoms with Crippen LogP contribution in [-0.4, -0.2) is 30.3 Å². The monoisotopic (exact) mass is 320 g/mol. The highest BCUT2D eigenvalue weighted by Crippen LogP contribution is 2.22. The predicted octanol–water partition coefficient (Wildman–Crippen LogP) is 2.74. The Hall–Kier alpha value is -2.74. The highest BCUT2D eigenvalue weighted by molar-refractivity contribution is 7.12. The molecule has 7 nitrogen and oxygen atoms in total. The van der Waals surface area contributed by atoms with E-state index in [0.29, 0.717) is 10.6 Å². The molecule has 0 radical (unpaired) electrons. The third-order valence-corrected chi connectivity index (χ3v) is 3.74. The van der Waals surface area contributed by atoms with Crippen LogP contribution in [0.5, 0.6) is 0 Å². The van der Waals surface area contributed by atoms with E-state index in [1.165, 1.54) is 23.5 Å². The van der Waals surface area contributed by atoms with E-state index in [2.05, 4.69) is 5.32 Å². The van der Waals surface area contributed by atoms with Crippen molar-refractivity contribution in [3.8, 4) is 0 Å². The number of nitrogens with one attached hydrogen (secondary N) is 1. The van der Waals surface area contributed by atoms with Crippen LogP contribution < -0.4 is 5.32 Å². The molecule has 114 valence electrons. The number of hydrogen-bond donors (Lipinski definition) is 1. The second-order valence-corrected chi connectivity index (χ2v) is 5.16. The van der Waals surface area contributed by atoms with Gasteiger partial charge in [0.15, 0.2) is 6.61 Å². The summed E-state index contributed by atoms with van der Waals surface area (Å²) in [4.78, 5) is 34.5. The fourth-order valence-corrected chi connectivity index (χ4v) is 2.40. The van der Waals surface area contributed by atoms with Crippen LogP contribution in [0.25, 0.3) is 0 Å². The van der Waals surface area contributed by atoms with Crippen molar-refractivity contribution in [2.45, 2.75) is 0 Å². The maximum absolute atomic E-state index is 12.0. The fourth-order valence-electron chi connectivity index (χ4n) is 1.75. The van der Waals surface area contributed by atoms with Crippen molar-refractivity contribution >= 4 is 34.5 Å². The number of rotatable bonds is 6. The molecular formula is C14H12N2O5S. The topological polar surface area (TPSA) is 98.5 Å². The zero-order chi connectivity index (χ0) is 16.1. The Kier molecular flexibility index (Phi) is 4.84. The maximum atomic E-state index is 12.0. The summed E-state index contributed by atoms with van der Waals surface area (Å²) in [5, 5.41) is 15.3. The standard InChI is InChI=1S/C14H12N2O5S/c1-15-11-5-4-9(16(19)20)7-10(11)14(18)21-8-12(17)13-3-2-6-22-13/h2-7,15H,8H2,1H3. The maximum Gasteiger partial charge on any atom is 0.340 e. The number of esters is 1. The molecular weight excluding hydrogens is 308 g/mol. The smallest absolute Gasteiger partial charge is 0.340 e. The Balaban J connectivity index is 2.13. The lowest BCUT2D eigenvalue weighted by Crippen LogP contribution is -2.15. The van der Waals surface area contributed by atoms with Crippen LogP contribution in [0.15, 0.2) is 35.7 Å². The average Bonchev–Trinajstić information content (AvgIpc) is 3.06. The molecule has 0 aliphatic carbocycles. The fraction of sp³-hybridized carbons (Fsp3) is 0.143. The van der Waals surface area contributed by atoms with E-state index in [-0.39, 0.29) is 17.0 Å². The van der Waals surface area contributed by atoms with E-state index >= 15 is 0 Å². The Morgan fingerprint density at radius 3 is 2.73 bits per heavy atom. The molecule has 0 saturated heterocycles. The summed E-state index contributed by atoms with van der Waals surface area (Å²) in [6.45, 7) is -0.412. The zero-order valence-electron chi connectivity index (χ0n) is 11.6. The van der Waals surface area contributed by atoms with Gasteiger partial charge in [0.2, 0.25) is 5.78 Å². The third-order valence-electron chi connectivity index (χ3n) is 2.83. The van der Waals surface area contributed by atoms with Gasteiger partial charge in [-0.25, -0.2) is 4.79 Å². The van der Waals surface area contributed by atoms with Gasteiger partial charge in [-0.1, -0.05) is 6.07 Å². The van der Waals surface area contributed by atoms with Crippen molar-refractivity contribution in [1.82, 2.24) is 0 Å². The van der Waals surface area contributed by atoms with E-state index < -0.39 is 17.5 Å². The minimum atomic E-state index is -0.794. The number of carbonyl (C=O) groups excluding carboxylic acids is 2. The number of non-ortho nitro benzene ring substituents is 1. The van der Waals surface area contributed by atoms with Crippen molar-refractivity contribution in [2.75, 3.05) is 19.0 Å². The molecule has 0 aliphatic rings. The van der Waals surface area contributed by atoms with Gasteiger partial charge >= 0.3 is 5.97 Å². The number of anilines is 1. The van der Waals surface area contributed by atoms with Crippen LogP contribution in [0.4, 0.5) is 11.4 Å². The van der Waals surface area contributed by atoms with Crippen LogP contribution >= 0.6 is 11.3 Å². The first-order chi connectivity index (χ1) is 10.5. The lowest BCUT2D eigenvalue weighted by atomic mass is 10.1. The number of carbonyl (C=O) groups is 2. The predicted molar refractivity (Wildman–Crippen MR) is 81.6 cm³/mol. The summed E-state index contributed by atoms with van der Waals surface area (Å²) >= 11 is 1.25. The minimum absolute atomic E-state index is 0.00989. The first-order valence-corrected chi connectivity index (χ1v) is 7.11. The van der Waals surface area contributed by atoms with Crippen molar-refractivity contribution in [2.24, 2.45) is 0 Å². The number of nitrogens with zero attached hydrogens (tertiary/aromatic N) is 1. The van der Waals surface area contributed by atoms with E-state index in [4.69, 9.17) is 4.74 Å². The SMILES string of the molecule is CNc1ccc([N+](=O)[O-])cc1C(=O)OCC(=O)c1cccs1. The molecule has 0 spiro atoms. The van der Waals surface area contributed by atoms with Gasteiger partial charge in [0.25, 0.3) is 5.69 Å². The van der Waals surface area contributed by atoms with Crippen LogP contribution in [0, 0.1) is 10.1 Å². The largest absolute Gasteiger partial charge is 0.454 e. The Bertz CT molecular complexity index is 712. The summed E-state index contributed by atoms with van der Waals surface area (Å²) in [6, 6.07) is 7.16. The van der Waals surface area contributed by atoms with Gasteiger partial charge in [-0.2, -0.15) is 0 Å². The molecule has 0 bridgehead atoms. The normalized spacial score (nSPS) is 10.0. The molecule has 22 heavy (non-hydrogen) atoms. The number of ether oxygens (including phenoxy) is 1. The lowest BCUT2D eigenvalue weighted by Gasteiger charge is -2.08. The van der Waals surface area contributed by atoms with E-state index in [1.54, 1.807) is 24.6 Å². The van der Waals surface area contributed by atoms with E-state index in [1.807, 2.05) is 0 Å². The molecule has 2 aromatic rings. The first kappa shape index (κ1) is 15.6. The third kappa shape index (κ3) is 3.47. The Morgan fingerprint density at radius 2 is 2.14 bits per heavy atom. The summed E-state index contributed by atoms with van der Waals surface area (Å²) in [5.74, 6) is -1.11. The Morgan fingerprint density at radius 1 is 1.36 bits per heavy atom. The van der Waals surface area contributed by atoms with E-state index in [9.17, 15) is 19.7 Å². The summed E-state index contributed by atoms with van der Waals surface area (Å²) in [7, 11) is 1.58. The van der Waals surface area contributed by atoms with Crippen molar-refractivity contribution in [3.63, 3.8) is 0 Å².